The molecule has 0 saturated carbocycles. The first-order valence-corrected chi connectivity index (χ1v) is 5.61. The first kappa shape index (κ1) is 16.2. The van der Waals surface area contributed by atoms with E-state index in [4.69, 9.17) is 22.9 Å². The van der Waals surface area contributed by atoms with Crippen LogP contribution in [0, 0.1) is 0 Å². The van der Waals surface area contributed by atoms with Crippen molar-refractivity contribution >= 4 is 35.9 Å². The van der Waals surface area contributed by atoms with E-state index in [0.29, 0.717) is 11.3 Å². The summed E-state index contributed by atoms with van der Waals surface area (Å²) < 4.78 is 0. The number of hydrogen-bond donors (Lipinski definition) is 4. The molecular formula is C12H14ClN7O. The number of anilines is 2. The van der Waals surface area contributed by atoms with E-state index in [9.17, 15) is 4.79 Å². The Hall–Kier alpha value is -2.87. The van der Waals surface area contributed by atoms with Gasteiger partial charge in [0.25, 0.3) is 0 Å². The lowest BCUT2D eigenvalue weighted by atomic mass is 10.1. The minimum atomic E-state index is -0.771. The van der Waals surface area contributed by atoms with Gasteiger partial charge in [-0.2, -0.15) is 4.99 Å². The molecule has 1 aromatic carbocycles. The molecule has 0 aliphatic heterocycles. The van der Waals surface area contributed by atoms with Crippen molar-refractivity contribution in [1.29, 1.82) is 0 Å². The van der Waals surface area contributed by atoms with Crippen LogP contribution in [-0.2, 0) is 0 Å². The van der Waals surface area contributed by atoms with E-state index >= 15 is 0 Å². The second kappa shape index (κ2) is 6.53. The van der Waals surface area contributed by atoms with Crippen molar-refractivity contribution < 1.29 is 4.79 Å². The number of hydrogen-bond acceptors (Lipinski definition) is 5. The van der Waals surface area contributed by atoms with Gasteiger partial charge in [0.05, 0.1) is 0 Å². The first-order valence-electron chi connectivity index (χ1n) is 5.61. The van der Waals surface area contributed by atoms with Crippen LogP contribution in [0.1, 0.15) is 10.5 Å². The van der Waals surface area contributed by atoms with Crippen molar-refractivity contribution in [2.24, 2.45) is 16.5 Å². The number of aliphatic imine (C=N–C) groups is 1. The van der Waals surface area contributed by atoms with Crippen molar-refractivity contribution in [1.82, 2.24) is 9.97 Å². The predicted molar refractivity (Wildman–Crippen MR) is 83.7 cm³/mol. The van der Waals surface area contributed by atoms with Crippen LogP contribution in [0.4, 0.5) is 11.6 Å². The lowest BCUT2D eigenvalue weighted by Crippen LogP contribution is -2.25. The van der Waals surface area contributed by atoms with Crippen LogP contribution in [0.3, 0.4) is 0 Å². The summed E-state index contributed by atoms with van der Waals surface area (Å²) in [6.07, 6.45) is 0. The van der Waals surface area contributed by atoms with Gasteiger partial charge < -0.3 is 22.9 Å². The Morgan fingerprint density at radius 1 is 1.00 bits per heavy atom. The highest BCUT2D eigenvalue weighted by molar-refractivity contribution is 6.03. The maximum Gasteiger partial charge on any atom is 0.302 e. The maximum absolute atomic E-state index is 11.8. The van der Waals surface area contributed by atoms with Crippen molar-refractivity contribution in [3.05, 3.63) is 36.0 Å². The molecule has 0 unspecified atom stereocenters. The largest absolute Gasteiger partial charge is 0.382 e. The highest BCUT2D eigenvalue weighted by atomic mass is 35.5. The number of carbonyl (C=O) groups excluding carboxylic acids is 1. The number of halogens is 1. The SMILES string of the molecule is Cl.NC(N)=NC(=O)c1nc(-c2ccccc2)c(N)nc1N. The van der Waals surface area contributed by atoms with Crippen LogP contribution in [-0.4, -0.2) is 21.8 Å². The third-order valence-corrected chi connectivity index (χ3v) is 2.43. The number of rotatable bonds is 2. The minimum Gasteiger partial charge on any atom is -0.382 e. The molecule has 21 heavy (non-hydrogen) atoms. The highest BCUT2D eigenvalue weighted by Crippen LogP contribution is 2.24. The van der Waals surface area contributed by atoms with E-state index < -0.39 is 5.91 Å². The summed E-state index contributed by atoms with van der Waals surface area (Å²) in [6.45, 7) is 0. The van der Waals surface area contributed by atoms with E-state index in [1.165, 1.54) is 0 Å². The van der Waals surface area contributed by atoms with Crippen LogP contribution < -0.4 is 22.9 Å². The lowest BCUT2D eigenvalue weighted by molar-refractivity contribution is 0.0999. The Morgan fingerprint density at radius 3 is 2.19 bits per heavy atom. The van der Waals surface area contributed by atoms with Gasteiger partial charge in [0, 0.05) is 5.56 Å². The predicted octanol–water partition coefficient (Wildman–Crippen LogP) is 0.143. The molecule has 1 amide bonds. The van der Waals surface area contributed by atoms with E-state index in [-0.39, 0.29) is 35.7 Å². The van der Waals surface area contributed by atoms with Gasteiger partial charge in [0.1, 0.15) is 5.69 Å². The zero-order valence-electron chi connectivity index (χ0n) is 10.9. The summed E-state index contributed by atoms with van der Waals surface area (Å²) in [7, 11) is 0. The maximum atomic E-state index is 11.8. The fraction of sp³-hybridized carbons (Fsp3) is 0. The van der Waals surface area contributed by atoms with Gasteiger partial charge in [-0.05, 0) is 0 Å². The molecule has 0 fully saturated rings. The molecule has 0 spiro atoms. The molecular weight excluding hydrogens is 294 g/mol. The van der Waals surface area contributed by atoms with Gasteiger partial charge in [-0.3, -0.25) is 4.79 Å². The van der Waals surface area contributed by atoms with Gasteiger partial charge in [0.15, 0.2) is 23.3 Å². The molecule has 2 aromatic rings. The number of nitrogen functional groups attached to an aromatic ring is 2. The number of carbonyl (C=O) groups is 1. The number of amides is 1. The first-order chi connectivity index (χ1) is 9.49. The third-order valence-electron chi connectivity index (χ3n) is 2.43. The quantitative estimate of drug-likeness (QED) is 0.453. The average molecular weight is 308 g/mol. The fourth-order valence-electron chi connectivity index (χ4n) is 1.60. The number of benzene rings is 1. The zero-order valence-corrected chi connectivity index (χ0v) is 11.7. The number of guanidine groups is 1. The molecule has 9 heteroatoms. The average Bonchev–Trinajstić information content (AvgIpc) is 2.38. The van der Waals surface area contributed by atoms with Crippen molar-refractivity contribution in [3.8, 4) is 11.3 Å². The van der Waals surface area contributed by atoms with Crippen LogP contribution in [0.15, 0.2) is 35.3 Å². The summed E-state index contributed by atoms with van der Waals surface area (Å²) in [4.78, 5) is 23.2. The summed E-state index contributed by atoms with van der Waals surface area (Å²) in [5, 5.41) is 0. The summed E-state index contributed by atoms with van der Waals surface area (Å²) in [6, 6.07) is 9.03. The minimum absolute atomic E-state index is 0. The highest BCUT2D eigenvalue weighted by Gasteiger charge is 2.17. The van der Waals surface area contributed by atoms with Gasteiger partial charge >= 0.3 is 5.91 Å². The molecule has 0 saturated heterocycles. The molecule has 2 rings (SSSR count). The summed E-state index contributed by atoms with van der Waals surface area (Å²) in [5.74, 6) is -1.16. The summed E-state index contributed by atoms with van der Waals surface area (Å²) in [5.41, 5.74) is 22.6. The normalized spacial score (nSPS) is 9.52. The molecule has 8 nitrogen and oxygen atoms in total. The molecule has 0 aliphatic rings. The monoisotopic (exact) mass is 307 g/mol. The zero-order chi connectivity index (χ0) is 14.7. The fourth-order valence-corrected chi connectivity index (χ4v) is 1.60. The second-order valence-corrected chi connectivity index (χ2v) is 3.90. The number of nitrogens with two attached hydrogens (primary N) is 4. The van der Waals surface area contributed by atoms with Gasteiger partial charge in [-0.25, -0.2) is 9.97 Å². The van der Waals surface area contributed by atoms with Crippen molar-refractivity contribution in [2.75, 3.05) is 11.5 Å². The van der Waals surface area contributed by atoms with Crippen molar-refractivity contribution in [2.45, 2.75) is 0 Å². The topological polar surface area (TPSA) is 159 Å². The van der Waals surface area contributed by atoms with Crippen molar-refractivity contribution in [3.63, 3.8) is 0 Å². The Labute approximate surface area is 126 Å². The molecule has 1 aromatic heterocycles. The van der Waals surface area contributed by atoms with Crippen LogP contribution in [0.2, 0.25) is 0 Å². The van der Waals surface area contributed by atoms with E-state index in [1.54, 1.807) is 12.1 Å². The van der Waals surface area contributed by atoms with Crippen LogP contribution >= 0.6 is 12.4 Å². The molecule has 110 valence electrons. The Morgan fingerprint density at radius 2 is 1.62 bits per heavy atom. The van der Waals surface area contributed by atoms with Crippen LogP contribution in [0.5, 0.6) is 0 Å². The lowest BCUT2D eigenvalue weighted by Gasteiger charge is -2.07. The Bertz CT molecular complexity index is 684. The van der Waals surface area contributed by atoms with Gasteiger partial charge in [0.2, 0.25) is 0 Å². The third kappa shape index (κ3) is 3.57. The van der Waals surface area contributed by atoms with E-state index in [2.05, 4.69) is 15.0 Å². The van der Waals surface area contributed by atoms with Crippen LogP contribution in [0.25, 0.3) is 11.3 Å². The standard InChI is InChI=1S/C12H13N7O.ClH/c13-9-7(6-4-2-1-3-5-6)17-8(10(14)18-9)11(20)19-12(15)16;/h1-5H,(H4,13,14,18)(H4,15,16,19,20);1H. The number of aromatic nitrogens is 2. The van der Waals surface area contributed by atoms with Gasteiger partial charge in [-0.15, -0.1) is 12.4 Å². The molecule has 0 radical (unpaired) electrons. The van der Waals surface area contributed by atoms with Gasteiger partial charge in [-0.1, -0.05) is 30.3 Å². The number of nitrogens with zero attached hydrogens (tertiary/aromatic N) is 3. The molecule has 0 atom stereocenters. The molecule has 8 N–H and O–H groups in total. The van der Waals surface area contributed by atoms with E-state index in [0.717, 1.165) is 0 Å². The molecule has 0 aliphatic carbocycles. The molecule has 1 heterocycles. The second-order valence-electron chi connectivity index (χ2n) is 3.90. The summed E-state index contributed by atoms with van der Waals surface area (Å²) >= 11 is 0. The molecule has 0 bridgehead atoms. The Kier molecular flexibility index (Phi) is 5.03. The van der Waals surface area contributed by atoms with E-state index in [1.807, 2.05) is 18.2 Å². The smallest absolute Gasteiger partial charge is 0.302 e. The Balaban J connectivity index is 0.00000220.